The van der Waals surface area contributed by atoms with Crippen molar-refractivity contribution in [3.63, 3.8) is 0 Å². The molecule has 1 N–H and O–H groups in total. The Labute approximate surface area is 244 Å². The first-order valence-electron chi connectivity index (χ1n) is 15.0. The van der Waals surface area contributed by atoms with Gasteiger partial charge in [0.25, 0.3) is 0 Å². The first-order chi connectivity index (χ1) is 19.8. The van der Waals surface area contributed by atoms with Crippen LogP contribution < -0.4 is 14.8 Å². The molecule has 2 aliphatic heterocycles. The fourth-order valence-electron chi connectivity index (χ4n) is 6.96. The maximum absolute atomic E-state index is 12.3. The minimum Gasteiger partial charge on any atom is -0.497 e. The number of ether oxygens (including phenoxy) is 2. The summed E-state index contributed by atoms with van der Waals surface area (Å²) in [4.78, 5) is 14.2. The molecule has 0 unspecified atom stereocenters. The van der Waals surface area contributed by atoms with Crippen molar-refractivity contribution in [1.29, 1.82) is 0 Å². The fourth-order valence-corrected chi connectivity index (χ4v) is 11.1. The van der Waals surface area contributed by atoms with E-state index in [9.17, 15) is 9.90 Å². The molecule has 41 heavy (non-hydrogen) atoms. The van der Waals surface area contributed by atoms with Gasteiger partial charge in [-0.1, -0.05) is 54.7 Å². The number of aliphatic hydroxyl groups excluding tert-OH is 1. The summed E-state index contributed by atoms with van der Waals surface area (Å²) in [6, 6.07) is 17.1. The highest BCUT2D eigenvalue weighted by Crippen LogP contribution is 2.46. The molecule has 220 valence electrons. The van der Waals surface area contributed by atoms with E-state index in [-0.39, 0.29) is 24.7 Å². The minimum absolute atomic E-state index is 0.0740. The van der Waals surface area contributed by atoms with E-state index in [1.54, 1.807) is 7.11 Å². The molecule has 2 fully saturated rings. The SMILES string of the molecule is COc1ccc([Si](C)(C)[C@@H]2[C@@H](C)[C@@H](CCc3cccc(N4CCCC4=O)c3)O[C@H]2CCn2cc(CCO)nn2)cc1. The molecule has 0 radical (unpaired) electrons. The van der Waals surface area contributed by atoms with Crippen LogP contribution in [-0.2, 0) is 28.9 Å². The predicted octanol–water partition coefficient (Wildman–Crippen LogP) is 4.36. The quantitative estimate of drug-likeness (QED) is 0.322. The van der Waals surface area contributed by atoms with Crippen LogP contribution in [0.4, 0.5) is 5.69 Å². The molecule has 2 saturated heterocycles. The van der Waals surface area contributed by atoms with E-state index in [0.717, 1.165) is 55.9 Å². The fraction of sp³-hybridized carbons (Fsp3) is 0.531. The summed E-state index contributed by atoms with van der Waals surface area (Å²) in [6.07, 6.45) is 7.05. The molecule has 0 saturated carbocycles. The maximum atomic E-state index is 12.3. The van der Waals surface area contributed by atoms with Crippen LogP contribution in [0.15, 0.2) is 54.7 Å². The minimum atomic E-state index is -1.94. The van der Waals surface area contributed by atoms with Crippen molar-refractivity contribution in [3.05, 3.63) is 66.0 Å². The molecular weight excluding hydrogens is 532 g/mol. The summed E-state index contributed by atoms with van der Waals surface area (Å²) in [7, 11) is -0.233. The second-order valence-electron chi connectivity index (χ2n) is 12.1. The Balaban J connectivity index is 1.32. The van der Waals surface area contributed by atoms with Gasteiger partial charge in [0.05, 0.1) is 33.1 Å². The van der Waals surface area contributed by atoms with Gasteiger partial charge in [0.2, 0.25) is 5.91 Å². The summed E-state index contributed by atoms with van der Waals surface area (Å²) in [5.41, 5.74) is 3.52. The molecule has 1 amide bonds. The van der Waals surface area contributed by atoms with E-state index in [0.29, 0.717) is 24.3 Å². The normalized spacial score (nSPS) is 23.0. The summed E-state index contributed by atoms with van der Waals surface area (Å²) < 4.78 is 14.2. The molecule has 5 rings (SSSR count). The Morgan fingerprint density at radius 2 is 1.90 bits per heavy atom. The Morgan fingerprint density at radius 3 is 2.61 bits per heavy atom. The molecule has 1 aromatic heterocycles. The van der Waals surface area contributed by atoms with Crippen molar-refractivity contribution >= 4 is 24.9 Å². The van der Waals surface area contributed by atoms with E-state index in [4.69, 9.17) is 9.47 Å². The molecule has 9 heteroatoms. The highest BCUT2D eigenvalue weighted by atomic mass is 28.3. The number of aliphatic hydroxyl groups is 1. The summed E-state index contributed by atoms with van der Waals surface area (Å²) in [5.74, 6) is 1.52. The third-order valence-corrected chi connectivity index (χ3v) is 13.6. The molecule has 3 heterocycles. The van der Waals surface area contributed by atoms with Gasteiger partial charge < -0.3 is 19.5 Å². The lowest BCUT2D eigenvalue weighted by Gasteiger charge is -2.36. The van der Waals surface area contributed by atoms with Gasteiger partial charge in [-0.25, -0.2) is 0 Å². The topological polar surface area (TPSA) is 89.7 Å². The van der Waals surface area contributed by atoms with Gasteiger partial charge in [0, 0.05) is 44.4 Å². The number of hydrogen-bond donors (Lipinski definition) is 1. The summed E-state index contributed by atoms with van der Waals surface area (Å²) in [5, 5.41) is 19.2. The van der Waals surface area contributed by atoms with E-state index >= 15 is 0 Å². The van der Waals surface area contributed by atoms with Crippen LogP contribution in [0.3, 0.4) is 0 Å². The second kappa shape index (κ2) is 12.9. The highest BCUT2D eigenvalue weighted by molar-refractivity contribution is 6.91. The summed E-state index contributed by atoms with van der Waals surface area (Å²) >= 11 is 0. The Morgan fingerprint density at radius 1 is 1.10 bits per heavy atom. The highest BCUT2D eigenvalue weighted by Gasteiger charge is 2.50. The number of anilines is 1. The average molecular weight is 577 g/mol. The van der Waals surface area contributed by atoms with E-state index in [1.807, 2.05) is 21.8 Å². The molecule has 2 aromatic carbocycles. The number of carbonyl (C=O) groups excluding carboxylic acids is 1. The number of hydrogen-bond acceptors (Lipinski definition) is 6. The lowest BCUT2D eigenvalue weighted by atomic mass is 9.95. The van der Waals surface area contributed by atoms with Crippen molar-refractivity contribution in [3.8, 4) is 5.75 Å². The zero-order chi connectivity index (χ0) is 29.0. The molecule has 4 atom stereocenters. The summed E-state index contributed by atoms with van der Waals surface area (Å²) in [6.45, 7) is 8.94. The van der Waals surface area contributed by atoms with Crippen LogP contribution in [0.1, 0.15) is 43.9 Å². The predicted molar refractivity (Wildman–Crippen MR) is 163 cm³/mol. The zero-order valence-corrected chi connectivity index (χ0v) is 25.8. The second-order valence-corrected chi connectivity index (χ2v) is 16.8. The zero-order valence-electron chi connectivity index (χ0n) is 24.8. The Hall–Kier alpha value is -3.01. The monoisotopic (exact) mass is 576 g/mol. The number of benzene rings is 2. The standard InChI is InChI=1S/C32H44N4O4Si/c1-23-29(15-10-24-7-5-8-26(21-24)36-18-6-9-31(36)38)40-30(16-19-35-22-25(17-20-37)33-34-35)32(23)41(3,4)28-13-11-27(39-2)12-14-28/h5,7-8,11-14,21-23,29-30,32,37H,6,9-10,15-20H2,1-4H3/t23-,29+,30-,32+/m0/s1. The van der Waals surface area contributed by atoms with Gasteiger partial charge in [-0.3, -0.25) is 9.48 Å². The number of methoxy groups -OCH3 is 1. The maximum Gasteiger partial charge on any atom is 0.227 e. The molecule has 2 aliphatic rings. The van der Waals surface area contributed by atoms with Crippen LogP contribution in [0, 0.1) is 5.92 Å². The number of carbonyl (C=O) groups is 1. The first-order valence-corrected chi connectivity index (χ1v) is 18.1. The van der Waals surface area contributed by atoms with E-state index in [2.05, 4.69) is 72.8 Å². The number of aryl methyl sites for hydroxylation is 2. The molecule has 0 bridgehead atoms. The van der Waals surface area contributed by atoms with Gasteiger partial charge in [-0.05, 0) is 67.0 Å². The lowest BCUT2D eigenvalue weighted by molar-refractivity contribution is -0.117. The molecular formula is C32H44N4O4Si. The number of aromatic nitrogens is 3. The Bertz CT molecular complexity index is 1310. The van der Waals surface area contributed by atoms with Gasteiger partial charge in [0.1, 0.15) is 5.75 Å². The van der Waals surface area contributed by atoms with Gasteiger partial charge in [-0.2, -0.15) is 0 Å². The van der Waals surface area contributed by atoms with Crippen molar-refractivity contribution in [2.45, 2.75) is 82.8 Å². The Kier molecular flexibility index (Phi) is 9.26. The largest absolute Gasteiger partial charge is 0.497 e. The molecule has 3 aromatic rings. The first kappa shape index (κ1) is 29.5. The molecule has 0 aliphatic carbocycles. The van der Waals surface area contributed by atoms with Crippen molar-refractivity contribution in [2.24, 2.45) is 5.92 Å². The van der Waals surface area contributed by atoms with Crippen molar-refractivity contribution < 1.29 is 19.4 Å². The number of amides is 1. The van der Waals surface area contributed by atoms with Gasteiger partial charge >= 0.3 is 0 Å². The smallest absolute Gasteiger partial charge is 0.227 e. The van der Waals surface area contributed by atoms with Crippen LogP contribution in [-0.4, -0.2) is 66.6 Å². The van der Waals surface area contributed by atoms with Crippen LogP contribution in [0.25, 0.3) is 0 Å². The van der Waals surface area contributed by atoms with Crippen LogP contribution in [0.5, 0.6) is 5.75 Å². The van der Waals surface area contributed by atoms with Crippen molar-refractivity contribution in [1.82, 2.24) is 15.0 Å². The molecule has 0 spiro atoms. The van der Waals surface area contributed by atoms with Crippen LogP contribution >= 0.6 is 0 Å². The molecule has 8 nitrogen and oxygen atoms in total. The van der Waals surface area contributed by atoms with Crippen molar-refractivity contribution in [2.75, 3.05) is 25.2 Å². The average Bonchev–Trinajstić information content (AvgIpc) is 3.70. The third-order valence-electron chi connectivity index (χ3n) is 9.18. The van der Waals surface area contributed by atoms with Gasteiger partial charge in [-0.15, -0.1) is 5.10 Å². The van der Waals surface area contributed by atoms with Crippen LogP contribution in [0.2, 0.25) is 18.6 Å². The number of nitrogens with zero attached hydrogens (tertiary/aromatic N) is 4. The van der Waals surface area contributed by atoms with E-state index < -0.39 is 8.07 Å². The third kappa shape index (κ3) is 6.57. The number of rotatable bonds is 12. The van der Waals surface area contributed by atoms with Gasteiger partial charge in [0.15, 0.2) is 0 Å². The van der Waals surface area contributed by atoms with E-state index in [1.165, 1.54) is 10.8 Å². The lowest BCUT2D eigenvalue weighted by Crippen LogP contribution is -2.50.